The van der Waals surface area contributed by atoms with Crippen molar-refractivity contribution in [2.24, 2.45) is 0 Å². The van der Waals surface area contributed by atoms with Gasteiger partial charge in [0.1, 0.15) is 0 Å². The fraction of sp³-hybridized carbons (Fsp3) is 0.0500. The highest BCUT2D eigenvalue weighted by Gasteiger charge is 2.51. The quantitative estimate of drug-likeness (QED) is 0.439. The van der Waals surface area contributed by atoms with Gasteiger partial charge in [-0.15, -0.1) is 0 Å². The van der Waals surface area contributed by atoms with Gasteiger partial charge in [-0.25, -0.2) is 8.42 Å². The molecule has 0 fully saturated rings. The zero-order valence-electron chi connectivity index (χ0n) is 13.5. The number of sulfone groups is 1. The Morgan fingerprint density at radius 2 is 1.27 bits per heavy atom. The minimum Gasteiger partial charge on any atom is -0.291 e. The smallest absolute Gasteiger partial charge is 0.237 e. The van der Waals surface area contributed by atoms with Gasteiger partial charge >= 0.3 is 0 Å². The highest BCUT2D eigenvalue weighted by atomic mass is 35.5. The van der Waals surface area contributed by atoms with Crippen molar-refractivity contribution in [3.05, 3.63) is 101 Å². The van der Waals surface area contributed by atoms with Crippen LogP contribution in [0.4, 0.5) is 0 Å². The maximum Gasteiger partial charge on any atom is 0.237 e. The predicted molar refractivity (Wildman–Crippen MR) is 103 cm³/mol. The number of Topliss-reactive ketones (excluding diaryl/α,β-unsaturated/α-hetero) is 1. The zero-order valence-corrected chi connectivity index (χ0v) is 15.8. The van der Waals surface area contributed by atoms with Crippen LogP contribution in [0.5, 0.6) is 0 Å². The second-order valence-electron chi connectivity index (χ2n) is 5.61. The third-order valence-corrected chi connectivity index (χ3v) is 7.27. The van der Waals surface area contributed by atoms with Gasteiger partial charge in [0.05, 0.1) is 4.90 Å². The fourth-order valence-electron chi connectivity index (χ4n) is 2.61. The molecule has 3 aromatic rings. The van der Waals surface area contributed by atoms with Gasteiger partial charge in [0.15, 0.2) is 0 Å². The molecule has 3 rings (SSSR count). The first-order valence-corrected chi connectivity index (χ1v) is 9.96. The molecule has 0 aliphatic rings. The van der Waals surface area contributed by atoms with Gasteiger partial charge in [0.25, 0.3) is 0 Å². The van der Waals surface area contributed by atoms with Crippen molar-refractivity contribution in [2.75, 3.05) is 0 Å². The van der Waals surface area contributed by atoms with Gasteiger partial charge in [-0.1, -0.05) is 83.9 Å². The molecule has 0 heterocycles. The Kier molecular flexibility index (Phi) is 5.19. The van der Waals surface area contributed by atoms with E-state index in [9.17, 15) is 13.2 Å². The van der Waals surface area contributed by atoms with Crippen LogP contribution in [0.25, 0.3) is 0 Å². The monoisotopic (exact) mass is 404 g/mol. The van der Waals surface area contributed by atoms with Crippen LogP contribution in [0.3, 0.4) is 0 Å². The van der Waals surface area contributed by atoms with E-state index in [0.717, 1.165) is 0 Å². The van der Waals surface area contributed by atoms with E-state index in [4.69, 9.17) is 23.2 Å². The van der Waals surface area contributed by atoms with Gasteiger partial charge in [-0.05, 0) is 29.8 Å². The summed E-state index contributed by atoms with van der Waals surface area (Å²) < 4.78 is 24.5. The lowest BCUT2D eigenvalue weighted by atomic mass is 10.0. The second kappa shape index (κ2) is 7.23. The summed E-state index contributed by atoms with van der Waals surface area (Å²) in [5, 5.41) is 0.387. The standard InChI is InChI=1S/C20H14Cl2O3S/c21-17-11-13-18(14-12-17)26(24,25)20(22,16-9-5-2-6-10-16)19(23)15-7-3-1-4-8-15/h1-14H. The van der Waals surface area contributed by atoms with E-state index in [-0.39, 0.29) is 16.0 Å². The molecule has 1 unspecified atom stereocenters. The molecule has 6 heteroatoms. The Morgan fingerprint density at radius 3 is 1.81 bits per heavy atom. The molecule has 0 aromatic heterocycles. The predicted octanol–water partition coefficient (Wildman–Crippen LogP) is 5.09. The van der Waals surface area contributed by atoms with Gasteiger partial charge in [-0.2, -0.15) is 0 Å². The number of benzene rings is 3. The lowest BCUT2D eigenvalue weighted by Crippen LogP contribution is -2.38. The van der Waals surface area contributed by atoms with Gasteiger partial charge in [0, 0.05) is 10.6 Å². The van der Waals surface area contributed by atoms with Crippen LogP contribution in [-0.4, -0.2) is 14.2 Å². The molecule has 0 bridgehead atoms. The normalized spacial score (nSPS) is 13.8. The molecule has 0 N–H and O–H groups in total. The maximum absolute atomic E-state index is 13.4. The minimum atomic E-state index is -4.26. The molecule has 0 amide bonds. The Labute approximate surface area is 162 Å². The molecule has 1 atom stereocenters. The first-order chi connectivity index (χ1) is 12.4. The molecule has 0 aliphatic carbocycles. The summed E-state index contributed by atoms with van der Waals surface area (Å²) in [4.78, 5) is 13.1. The van der Waals surface area contributed by atoms with Crippen molar-refractivity contribution >= 4 is 38.8 Å². The van der Waals surface area contributed by atoms with Crippen LogP contribution in [0.2, 0.25) is 5.02 Å². The number of hydrogen-bond acceptors (Lipinski definition) is 3. The van der Waals surface area contributed by atoms with Crippen molar-refractivity contribution in [3.8, 4) is 0 Å². The average Bonchev–Trinajstić information content (AvgIpc) is 2.68. The third kappa shape index (κ3) is 3.16. The van der Waals surface area contributed by atoms with E-state index >= 15 is 0 Å². The molecule has 0 radical (unpaired) electrons. The van der Waals surface area contributed by atoms with E-state index in [0.29, 0.717) is 5.02 Å². The third-order valence-electron chi connectivity index (χ3n) is 3.97. The van der Waals surface area contributed by atoms with Crippen molar-refractivity contribution in [2.45, 2.75) is 9.10 Å². The number of ketones is 1. The Hall–Kier alpha value is -2.14. The van der Waals surface area contributed by atoms with Crippen LogP contribution in [0.15, 0.2) is 89.8 Å². The summed E-state index contributed by atoms with van der Waals surface area (Å²) in [5.74, 6) is -0.707. The van der Waals surface area contributed by atoms with Crippen molar-refractivity contribution in [1.29, 1.82) is 0 Å². The largest absolute Gasteiger partial charge is 0.291 e. The van der Waals surface area contributed by atoms with Gasteiger partial charge < -0.3 is 0 Å². The number of alkyl halides is 1. The van der Waals surface area contributed by atoms with E-state index in [1.807, 2.05) is 0 Å². The van der Waals surface area contributed by atoms with E-state index in [1.54, 1.807) is 48.5 Å². The van der Waals surface area contributed by atoms with Crippen LogP contribution in [0, 0.1) is 0 Å². The molecule has 3 nitrogen and oxygen atoms in total. The Bertz CT molecular complexity index is 1020. The number of halogens is 2. The van der Waals surface area contributed by atoms with Crippen LogP contribution >= 0.6 is 23.2 Å². The first kappa shape index (κ1) is 18.6. The SMILES string of the molecule is O=C(c1ccccc1)C(Cl)(c1ccccc1)S(=O)(=O)c1ccc(Cl)cc1. The number of hydrogen-bond donors (Lipinski definition) is 0. The molecule has 0 aliphatic heterocycles. The van der Waals surface area contributed by atoms with Crippen molar-refractivity contribution in [3.63, 3.8) is 0 Å². The summed E-state index contributed by atoms with van der Waals surface area (Å²) in [6, 6.07) is 21.8. The van der Waals surface area contributed by atoms with Gasteiger partial charge in [-0.3, -0.25) is 4.79 Å². The average molecular weight is 405 g/mol. The highest BCUT2D eigenvalue weighted by Crippen LogP contribution is 2.42. The minimum absolute atomic E-state index is 0.0787. The summed E-state index contributed by atoms with van der Waals surface area (Å²) in [6.07, 6.45) is 0. The molecular formula is C20H14Cl2O3S. The molecule has 3 aromatic carbocycles. The van der Waals surface area contributed by atoms with Crippen LogP contribution in [0.1, 0.15) is 15.9 Å². The first-order valence-electron chi connectivity index (χ1n) is 7.72. The van der Waals surface area contributed by atoms with Gasteiger partial charge in [0.2, 0.25) is 19.8 Å². The number of carbonyl (C=O) groups is 1. The fourth-order valence-corrected chi connectivity index (χ4v) is 4.87. The van der Waals surface area contributed by atoms with Crippen molar-refractivity contribution in [1.82, 2.24) is 0 Å². The topological polar surface area (TPSA) is 51.2 Å². The van der Waals surface area contributed by atoms with Crippen LogP contribution in [-0.2, 0) is 14.0 Å². The van der Waals surface area contributed by atoms with Crippen LogP contribution < -0.4 is 0 Å². The van der Waals surface area contributed by atoms with E-state index in [2.05, 4.69) is 0 Å². The van der Waals surface area contributed by atoms with Crippen molar-refractivity contribution < 1.29 is 13.2 Å². The number of rotatable bonds is 5. The van der Waals surface area contributed by atoms with E-state index < -0.39 is 19.8 Å². The maximum atomic E-state index is 13.4. The molecule has 132 valence electrons. The Morgan fingerprint density at radius 1 is 0.769 bits per heavy atom. The summed E-state index contributed by atoms with van der Waals surface area (Å²) >= 11 is 12.5. The zero-order chi connectivity index (χ0) is 18.8. The molecule has 0 saturated carbocycles. The highest BCUT2D eigenvalue weighted by molar-refractivity contribution is 7.94. The number of carbonyl (C=O) groups excluding carboxylic acids is 1. The van der Waals surface area contributed by atoms with E-state index in [1.165, 1.54) is 36.4 Å². The molecule has 0 spiro atoms. The Balaban J connectivity index is 2.25. The lowest BCUT2D eigenvalue weighted by molar-refractivity contribution is 0.0971. The summed E-state index contributed by atoms with van der Waals surface area (Å²) in [5.41, 5.74) is 0.398. The molecular weight excluding hydrogens is 391 g/mol. The second-order valence-corrected chi connectivity index (χ2v) is 8.93. The summed E-state index contributed by atoms with van der Waals surface area (Å²) in [6.45, 7) is 0. The molecule has 26 heavy (non-hydrogen) atoms. The molecule has 0 saturated heterocycles. The lowest BCUT2D eigenvalue weighted by Gasteiger charge is -2.26. The summed E-state index contributed by atoms with van der Waals surface area (Å²) in [7, 11) is -4.26.